The topological polar surface area (TPSA) is 72.9 Å². The third-order valence-corrected chi connectivity index (χ3v) is 3.81. The largest absolute Gasteiger partial charge is 0.481 e. The zero-order chi connectivity index (χ0) is 15.1. The number of rotatable bonds is 7. The minimum absolute atomic E-state index is 0.0746. The van der Waals surface area contributed by atoms with E-state index < -0.39 is 5.97 Å². The van der Waals surface area contributed by atoms with Crippen LogP contribution >= 0.6 is 0 Å². The van der Waals surface area contributed by atoms with Gasteiger partial charge in [-0.15, -0.1) is 0 Å². The van der Waals surface area contributed by atoms with E-state index in [-0.39, 0.29) is 11.8 Å². The van der Waals surface area contributed by atoms with Crippen LogP contribution in [0.2, 0.25) is 0 Å². The van der Waals surface area contributed by atoms with E-state index in [9.17, 15) is 9.59 Å². The molecule has 1 unspecified atom stereocenters. The van der Waals surface area contributed by atoms with Gasteiger partial charge < -0.3 is 20.2 Å². The first-order valence-electron chi connectivity index (χ1n) is 7.29. The van der Waals surface area contributed by atoms with Gasteiger partial charge >= 0.3 is 5.97 Å². The number of nitrogens with zero attached hydrogens (tertiary/aromatic N) is 2. The van der Waals surface area contributed by atoms with Crippen LogP contribution in [-0.4, -0.2) is 73.1 Å². The minimum Gasteiger partial charge on any atom is -0.481 e. The van der Waals surface area contributed by atoms with E-state index in [0.29, 0.717) is 38.5 Å². The quantitative estimate of drug-likeness (QED) is 0.701. The van der Waals surface area contributed by atoms with Gasteiger partial charge in [-0.1, -0.05) is 0 Å². The molecule has 0 aliphatic carbocycles. The van der Waals surface area contributed by atoms with Gasteiger partial charge in [0.25, 0.3) is 0 Å². The number of hydrogen-bond donors (Lipinski definition) is 2. The molecule has 0 aromatic rings. The molecule has 1 rings (SSSR count). The van der Waals surface area contributed by atoms with Crippen molar-refractivity contribution in [2.45, 2.75) is 32.2 Å². The van der Waals surface area contributed by atoms with E-state index in [2.05, 4.69) is 17.1 Å². The molecule has 0 radical (unpaired) electrons. The average Bonchev–Trinajstić information content (AvgIpc) is 2.42. The SMILES string of the molecule is CC(CCN(C)C)NCC(=O)N1CCC(C(=O)O)CC1. The molecule has 0 aromatic carbocycles. The molecule has 0 bridgehead atoms. The van der Waals surface area contributed by atoms with Crippen LogP contribution in [0.4, 0.5) is 0 Å². The summed E-state index contributed by atoms with van der Waals surface area (Å²) in [5.74, 6) is -0.955. The third kappa shape index (κ3) is 5.88. The van der Waals surface area contributed by atoms with Gasteiger partial charge in [0.15, 0.2) is 0 Å². The lowest BCUT2D eigenvalue weighted by atomic mass is 9.97. The number of amides is 1. The molecule has 1 amide bonds. The highest BCUT2D eigenvalue weighted by Crippen LogP contribution is 2.17. The molecule has 1 aliphatic heterocycles. The fourth-order valence-corrected chi connectivity index (χ4v) is 2.30. The van der Waals surface area contributed by atoms with Crippen LogP contribution in [0, 0.1) is 5.92 Å². The fraction of sp³-hybridized carbons (Fsp3) is 0.857. The fourth-order valence-electron chi connectivity index (χ4n) is 2.30. The van der Waals surface area contributed by atoms with Crippen LogP contribution in [0.1, 0.15) is 26.2 Å². The normalized spacial score (nSPS) is 18.3. The van der Waals surface area contributed by atoms with E-state index in [1.165, 1.54) is 0 Å². The molecule has 6 heteroatoms. The molecule has 0 spiro atoms. The molecule has 1 heterocycles. The first kappa shape index (κ1) is 16.9. The summed E-state index contributed by atoms with van der Waals surface area (Å²) in [6.07, 6.45) is 2.13. The zero-order valence-electron chi connectivity index (χ0n) is 12.8. The Balaban J connectivity index is 2.22. The number of carboxylic acids is 1. The van der Waals surface area contributed by atoms with Crippen molar-refractivity contribution in [1.82, 2.24) is 15.1 Å². The Kier molecular flexibility index (Phi) is 6.95. The monoisotopic (exact) mass is 285 g/mol. The summed E-state index contributed by atoms with van der Waals surface area (Å²) >= 11 is 0. The lowest BCUT2D eigenvalue weighted by Crippen LogP contribution is -2.45. The first-order chi connectivity index (χ1) is 9.40. The van der Waals surface area contributed by atoms with Gasteiger partial charge in [-0.3, -0.25) is 9.59 Å². The van der Waals surface area contributed by atoms with Crippen LogP contribution in [0.15, 0.2) is 0 Å². The number of nitrogens with one attached hydrogen (secondary N) is 1. The van der Waals surface area contributed by atoms with Crippen molar-refractivity contribution in [3.63, 3.8) is 0 Å². The summed E-state index contributed by atoms with van der Waals surface area (Å²) in [5, 5.41) is 12.2. The minimum atomic E-state index is -0.743. The number of hydrogen-bond acceptors (Lipinski definition) is 4. The molecule has 0 aromatic heterocycles. The van der Waals surface area contributed by atoms with Gasteiger partial charge in [-0.2, -0.15) is 0 Å². The molecule has 1 atom stereocenters. The Morgan fingerprint density at radius 3 is 2.45 bits per heavy atom. The van der Waals surface area contributed by atoms with E-state index >= 15 is 0 Å². The van der Waals surface area contributed by atoms with Crippen LogP contribution in [0.3, 0.4) is 0 Å². The third-order valence-electron chi connectivity index (χ3n) is 3.81. The van der Waals surface area contributed by atoms with Crippen molar-refractivity contribution in [2.75, 3.05) is 40.3 Å². The summed E-state index contributed by atoms with van der Waals surface area (Å²) in [6.45, 7) is 4.53. The second-order valence-corrected chi connectivity index (χ2v) is 5.87. The lowest BCUT2D eigenvalue weighted by Gasteiger charge is -2.30. The second-order valence-electron chi connectivity index (χ2n) is 5.87. The highest BCUT2D eigenvalue weighted by molar-refractivity contribution is 5.79. The van der Waals surface area contributed by atoms with Crippen LogP contribution < -0.4 is 5.32 Å². The Morgan fingerprint density at radius 1 is 1.35 bits per heavy atom. The van der Waals surface area contributed by atoms with Crippen molar-refractivity contribution >= 4 is 11.9 Å². The van der Waals surface area contributed by atoms with Gasteiger partial charge in [0.05, 0.1) is 12.5 Å². The van der Waals surface area contributed by atoms with Gasteiger partial charge in [0, 0.05) is 19.1 Å². The molecule has 116 valence electrons. The number of carboxylic acid groups (broad SMARTS) is 1. The van der Waals surface area contributed by atoms with E-state index in [0.717, 1.165) is 13.0 Å². The summed E-state index contributed by atoms with van der Waals surface area (Å²) in [5.41, 5.74) is 0. The van der Waals surface area contributed by atoms with Crippen molar-refractivity contribution in [2.24, 2.45) is 5.92 Å². The molecule has 1 aliphatic rings. The summed E-state index contributed by atoms with van der Waals surface area (Å²) in [6, 6.07) is 0.304. The standard InChI is InChI=1S/C14H27N3O3/c1-11(4-7-16(2)3)15-10-13(18)17-8-5-12(6-9-17)14(19)20/h11-12,15H,4-10H2,1-3H3,(H,19,20). The van der Waals surface area contributed by atoms with Crippen molar-refractivity contribution < 1.29 is 14.7 Å². The Hall–Kier alpha value is -1.14. The van der Waals surface area contributed by atoms with E-state index in [1.54, 1.807) is 4.90 Å². The molecule has 20 heavy (non-hydrogen) atoms. The van der Waals surface area contributed by atoms with E-state index in [1.807, 2.05) is 14.1 Å². The Morgan fingerprint density at radius 2 is 1.95 bits per heavy atom. The Labute approximate surface area is 121 Å². The van der Waals surface area contributed by atoms with Gasteiger partial charge in [-0.05, 0) is 46.8 Å². The predicted octanol–water partition coefficient (Wildman–Crippen LogP) is 0.239. The maximum absolute atomic E-state index is 12.0. The predicted molar refractivity (Wildman–Crippen MR) is 77.6 cm³/mol. The number of carbonyl (C=O) groups excluding carboxylic acids is 1. The molecule has 0 saturated carbocycles. The van der Waals surface area contributed by atoms with E-state index in [4.69, 9.17) is 5.11 Å². The zero-order valence-corrected chi connectivity index (χ0v) is 12.8. The van der Waals surface area contributed by atoms with Gasteiger partial charge in [0.1, 0.15) is 0 Å². The van der Waals surface area contributed by atoms with Crippen molar-refractivity contribution in [3.05, 3.63) is 0 Å². The molecular formula is C14H27N3O3. The molecule has 1 fully saturated rings. The van der Waals surface area contributed by atoms with Gasteiger partial charge in [0.2, 0.25) is 5.91 Å². The first-order valence-corrected chi connectivity index (χ1v) is 7.29. The highest BCUT2D eigenvalue weighted by Gasteiger charge is 2.26. The average molecular weight is 285 g/mol. The van der Waals surface area contributed by atoms with Crippen LogP contribution in [0.25, 0.3) is 0 Å². The second kappa shape index (κ2) is 8.21. The van der Waals surface area contributed by atoms with Gasteiger partial charge in [-0.25, -0.2) is 0 Å². The number of likely N-dealkylation sites (tertiary alicyclic amines) is 1. The highest BCUT2D eigenvalue weighted by atomic mass is 16.4. The lowest BCUT2D eigenvalue weighted by molar-refractivity contribution is -0.145. The molecular weight excluding hydrogens is 258 g/mol. The van der Waals surface area contributed by atoms with Crippen molar-refractivity contribution in [3.8, 4) is 0 Å². The smallest absolute Gasteiger partial charge is 0.306 e. The van der Waals surface area contributed by atoms with Crippen LogP contribution in [-0.2, 0) is 9.59 Å². The van der Waals surface area contributed by atoms with Crippen LogP contribution in [0.5, 0.6) is 0 Å². The summed E-state index contributed by atoms with van der Waals surface area (Å²) < 4.78 is 0. The Bertz CT molecular complexity index is 326. The molecule has 6 nitrogen and oxygen atoms in total. The number of carbonyl (C=O) groups is 2. The molecule has 2 N–H and O–H groups in total. The number of piperidine rings is 1. The summed E-state index contributed by atoms with van der Waals surface area (Å²) in [4.78, 5) is 26.8. The maximum Gasteiger partial charge on any atom is 0.306 e. The maximum atomic E-state index is 12.0. The van der Waals surface area contributed by atoms with Crippen molar-refractivity contribution in [1.29, 1.82) is 0 Å². The number of aliphatic carboxylic acids is 1. The summed E-state index contributed by atoms with van der Waals surface area (Å²) in [7, 11) is 4.06. The molecule has 1 saturated heterocycles.